The molecule has 6 rings (SSSR count). The molecule has 0 unspecified atom stereocenters. The maximum absolute atomic E-state index is 13.3. The second-order valence-corrected chi connectivity index (χ2v) is 10.9. The molecule has 7 nitrogen and oxygen atoms in total. The number of hydrogen-bond acceptors (Lipinski definition) is 6. The predicted octanol–water partition coefficient (Wildman–Crippen LogP) is 5.54. The first-order valence-electron chi connectivity index (χ1n) is 12.1. The molecule has 184 valence electrons. The average molecular weight is 520 g/mol. The molecule has 2 aliphatic heterocycles. The maximum Gasteiger partial charge on any atom is 0.266 e. The second kappa shape index (κ2) is 9.63. The van der Waals surface area contributed by atoms with E-state index in [4.69, 9.17) is 21.7 Å². The SMILES string of the molecule is O=C(Cn1cc(/C=C2/SC(=S)N(C3CCCCC3)C2=O)c2ccccc21)Nc1ccc2c(c1)OCO2. The highest BCUT2D eigenvalue weighted by molar-refractivity contribution is 8.26. The van der Waals surface area contributed by atoms with Crippen molar-refractivity contribution < 1.29 is 19.1 Å². The van der Waals surface area contributed by atoms with Crippen LogP contribution >= 0.6 is 24.0 Å². The van der Waals surface area contributed by atoms with E-state index in [1.165, 1.54) is 18.2 Å². The number of nitrogens with zero attached hydrogens (tertiary/aromatic N) is 2. The van der Waals surface area contributed by atoms with E-state index in [9.17, 15) is 9.59 Å². The molecule has 3 aliphatic rings. The van der Waals surface area contributed by atoms with Crippen LogP contribution in [0.3, 0.4) is 0 Å². The summed E-state index contributed by atoms with van der Waals surface area (Å²) >= 11 is 6.97. The third-order valence-corrected chi connectivity index (χ3v) is 8.17. The summed E-state index contributed by atoms with van der Waals surface area (Å²) in [6.07, 6.45) is 9.37. The number of para-hydroxylation sites is 1. The Hall–Kier alpha value is -3.30. The van der Waals surface area contributed by atoms with Crippen molar-refractivity contribution in [1.82, 2.24) is 9.47 Å². The van der Waals surface area contributed by atoms with E-state index in [2.05, 4.69) is 5.32 Å². The number of thioether (sulfide) groups is 1. The van der Waals surface area contributed by atoms with E-state index in [0.717, 1.165) is 42.1 Å². The van der Waals surface area contributed by atoms with Crippen LogP contribution in [0.25, 0.3) is 17.0 Å². The highest BCUT2D eigenvalue weighted by Crippen LogP contribution is 2.38. The average Bonchev–Trinajstić information content (AvgIpc) is 3.56. The van der Waals surface area contributed by atoms with Crippen LogP contribution in [-0.4, -0.2) is 38.4 Å². The van der Waals surface area contributed by atoms with Gasteiger partial charge in [-0.05, 0) is 37.1 Å². The van der Waals surface area contributed by atoms with Crippen molar-refractivity contribution in [2.24, 2.45) is 0 Å². The molecule has 1 aromatic heterocycles. The lowest BCUT2D eigenvalue weighted by Gasteiger charge is -2.29. The van der Waals surface area contributed by atoms with Gasteiger partial charge in [-0.2, -0.15) is 0 Å². The van der Waals surface area contributed by atoms with Crippen LogP contribution in [0.2, 0.25) is 0 Å². The van der Waals surface area contributed by atoms with Crippen molar-refractivity contribution in [2.75, 3.05) is 12.1 Å². The number of benzene rings is 2. The van der Waals surface area contributed by atoms with E-state index in [1.54, 1.807) is 18.2 Å². The zero-order chi connectivity index (χ0) is 24.6. The summed E-state index contributed by atoms with van der Waals surface area (Å²) in [5.41, 5.74) is 2.46. The van der Waals surface area contributed by atoms with Gasteiger partial charge in [0, 0.05) is 40.5 Å². The monoisotopic (exact) mass is 519 g/mol. The fraction of sp³-hybridized carbons (Fsp3) is 0.296. The molecule has 0 bridgehead atoms. The van der Waals surface area contributed by atoms with Crippen LogP contribution < -0.4 is 14.8 Å². The third kappa shape index (κ3) is 4.37. The van der Waals surface area contributed by atoms with Gasteiger partial charge in [0.1, 0.15) is 10.9 Å². The first-order chi connectivity index (χ1) is 17.6. The van der Waals surface area contributed by atoms with Crippen molar-refractivity contribution in [3.05, 3.63) is 59.1 Å². The number of nitrogens with one attached hydrogen (secondary N) is 1. The van der Waals surface area contributed by atoms with Crippen molar-refractivity contribution in [3.8, 4) is 11.5 Å². The summed E-state index contributed by atoms with van der Waals surface area (Å²) in [4.78, 5) is 28.6. The van der Waals surface area contributed by atoms with Crippen molar-refractivity contribution in [1.29, 1.82) is 0 Å². The van der Waals surface area contributed by atoms with Crippen LogP contribution in [-0.2, 0) is 16.1 Å². The third-order valence-electron chi connectivity index (χ3n) is 6.84. The molecule has 1 N–H and O–H groups in total. The summed E-state index contributed by atoms with van der Waals surface area (Å²) in [7, 11) is 0. The summed E-state index contributed by atoms with van der Waals surface area (Å²) in [5, 5.41) is 3.91. The Morgan fingerprint density at radius 1 is 1.11 bits per heavy atom. The summed E-state index contributed by atoms with van der Waals surface area (Å²) in [6.45, 7) is 0.316. The van der Waals surface area contributed by atoms with E-state index >= 15 is 0 Å². The Kier molecular flexibility index (Phi) is 6.18. The van der Waals surface area contributed by atoms with Gasteiger partial charge < -0.3 is 19.4 Å². The minimum Gasteiger partial charge on any atom is -0.454 e. The van der Waals surface area contributed by atoms with Gasteiger partial charge in [0.25, 0.3) is 5.91 Å². The van der Waals surface area contributed by atoms with Gasteiger partial charge in [-0.3, -0.25) is 14.5 Å². The maximum atomic E-state index is 13.3. The lowest BCUT2D eigenvalue weighted by molar-refractivity contribution is -0.124. The van der Waals surface area contributed by atoms with Crippen LogP contribution in [0.4, 0.5) is 5.69 Å². The lowest BCUT2D eigenvalue weighted by Crippen LogP contribution is -2.39. The molecule has 36 heavy (non-hydrogen) atoms. The number of amides is 2. The normalized spacial score (nSPS) is 19.0. The van der Waals surface area contributed by atoms with E-state index < -0.39 is 0 Å². The summed E-state index contributed by atoms with van der Waals surface area (Å²) in [6, 6.07) is 13.4. The zero-order valence-electron chi connectivity index (χ0n) is 19.6. The van der Waals surface area contributed by atoms with Gasteiger partial charge in [0.2, 0.25) is 12.7 Å². The van der Waals surface area contributed by atoms with Crippen LogP contribution in [0.15, 0.2) is 53.6 Å². The van der Waals surface area contributed by atoms with Gasteiger partial charge in [-0.15, -0.1) is 0 Å². The van der Waals surface area contributed by atoms with Gasteiger partial charge in [-0.1, -0.05) is 61.4 Å². The molecule has 0 spiro atoms. The Bertz CT molecular complexity index is 1410. The highest BCUT2D eigenvalue weighted by Gasteiger charge is 2.37. The Morgan fingerprint density at radius 2 is 1.92 bits per heavy atom. The van der Waals surface area contributed by atoms with Crippen LogP contribution in [0, 0.1) is 0 Å². The largest absolute Gasteiger partial charge is 0.454 e. The van der Waals surface area contributed by atoms with Gasteiger partial charge >= 0.3 is 0 Å². The number of hydrogen-bond donors (Lipinski definition) is 1. The number of carbonyl (C=O) groups excluding carboxylic acids is 2. The molecule has 2 fully saturated rings. The van der Waals surface area contributed by atoms with Gasteiger partial charge in [-0.25, -0.2) is 0 Å². The van der Waals surface area contributed by atoms with Crippen molar-refractivity contribution >= 4 is 62.8 Å². The first-order valence-corrected chi connectivity index (χ1v) is 13.3. The van der Waals surface area contributed by atoms with Crippen molar-refractivity contribution in [3.63, 3.8) is 0 Å². The van der Waals surface area contributed by atoms with Gasteiger partial charge in [0.05, 0.1) is 4.91 Å². The topological polar surface area (TPSA) is 72.8 Å². The fourth-order valence-electron chi connectivity index (χ4n) is 5.13. The number of thiocarbonyl (C=S) groups is 1. The van der Waals surface area contributed by atoms with Crippen LogP contribution in [0.1, 0.15) is 37.7 Å². The minimum absolute atomic E-state index is 0.00529. The lowest BCUT2D eigenvalue weighted by atomic mass is 9.94. The molecule has 1 aliphatic carbocycles. The molecule has 0 radical (unpaired) electrons. The highest BCUT2D eigenvalue weighted by atomic mass is 32.2. The number of carbonyl (C=O) groups is 2. The van der Waals surface area contributed by atoms with E-state index in [1.807, 2.05) is 46.0 Å². The number of rotatable bonds is 5. The number of ether oxygens (including phenoxy) is 2. The molecule has 1 saturated carbocycles. The molecule has 2 aromatic carbocycles. The van der Waals surface area contributed by atoms with E-state index in [-0.39, 0.29) is 31.2 Å². The van der Waals surface area contributed by atoms with E-state index in [0.29, 0.717) is 26.4 Å². The number of aromatic nitrogens is 1. The van der Waals surface area contributed by atoms with Crippen LogP contribution in [0.5, 0.6) is 11.5 Å². The smallest absolute Gasteiger partial charge is 0.266 e. The fourth-order valence-corrected chi connectivity index (χ4v) is 6.52. The standard InChI is InChI=1S/C27H25N3O4S2/c31-25(28-18-10-11-22-23(13-18)34-16-33-22)15-29-14-17(20-8-4-5-9-21(20)29)12-24-26(32)30(27(35)36-24)19-6-2-1-3-7-19/h4-5,8-14,19H,1-3,6-7,15-16H2,(H,28,31)/b24-12+. The number of fused-ring (bicyclic) bond motifs is 2. The minimum atomic E-state index is -0.162. The molecule has 9 heteroatoms. The van der Waals surface area contributed by atoms with Crippen molar-refractivity contribution in [2.45, 2.75) is 44.7 Å². The van der Waals surface area contributed by atoms with Gasteiger partial charge in [0.15, 0.2) is 11.5 Å². The molecular formula is C27H25N3O4S2. The summed E-state index contributed by atoms with van der Waals surface area (Å²) < 4.78 is 13.3. The molecule has 3 aromatic rings. The zero-order valence-corrected chi connectivity index (χ0v) is 21.2. The Morgan fingerprint density at radius 3 is 2.78 bits per heavy atom. The predicted molar refractivity (Wildman–Crippen MR) is 145 cm³/mol. The number of anilines is 1. The Labute approximate surface area is 218 Å². The molecule has 2 amide bonds. The quantitative estimate of drug-likeness (QED) is 0.352. The molecule has 3 heterocycles. The molecule has 1 saturated heterocycles. The molecular weight excluding hydrogens is 494 g/mol. The Balaban J connectivity index is 1.24. The second-order valence-electron chi connectivity index (χ2n) is 9.19. The first kappa shape index (κ1) is 23.1. The summed E-state index contributed by atoms with van der Waals surface area (Å²) in [5.74, 6) is 1.12. The molecule has 0 atom stereocenters.